The summed E-state index contributed by atoms with van der Waals surface area (Å²) in [7, 11) is -2.43. The van der Waals surface area contributed by atoms with E-state index in [0.717, 1.165) is 0 Å². The Morgan fingerprint density at radius 1 is 1.10 bits per heavy atom. The maximum Gasteiger partial charge on any atom is 0.250 e. The average Bonchev–Trinajstić information content (AvgIpc) is 3.12. The summed E-state index contributed by atoms with van der Waals surface area (Å²) in [6, 6.07) is 13.1. The van der Waals surface area contributed by atoms with Crippen molar-refractivity contribution in [3.63, 3.8) is 0 Å². The van der Waals surface area contributed by atoms with Crippen LogP contribution >= 0.6 is 0 Å². The number of rotatable bonds is 8. The molecular formula is C20H26N4O5S. The highest BCUT2D eigenvalue weighted by molar-refractivity contribution is 7.93. The molecule has 1 heterocycles. The summed E-state index contributed by atoms with van der Waals surface area (Å²) in [5, 5.41) is 1.60. The number of amides is 1. The second-order valence-electron chi connectivity index (χ2n) is 6.82. The molecular weight excluding hydrogens is 408 g/mol. The molecule has 0 aliphatic carbocycles. The lowest BCUT2D eigenvalue weighted by atomic mass is 10.0. The zero-order valence-electron chi connectivity index (χ0n) is 17.0. The van der Waals surface area contributed by atoms with Crippen LogP contribution in [0.2, 0.25) is 0 Å². The molecule has 0 saturated carbocycles. The van der Waals surface area contributed by atoms with Crippen LogP contribution < -0.4 is 30.4 Å². The lowest BCUT2D eigenvalue weighted by molar-refractivity contribution is -0.119. The Morgan fingerprint density at radius 3 is 2.47 bits per heavy atom. The predicted octanol–water partition coefficient (Wildman–Crippen LogP) is 1.91. The number of benzene rings is 2. The van der Waals surface area contributed by atoms with Gasteiger partial charge >= 0.3 is 0 Å². The standard InChI is InChI=1S/C20H26N4O5S/c1-4-29-15-11-9-14(10-12-15)24-30(26,27)20-18(13(2)22-23-20)19(25)21-16-7-5-6-8-17(16)28-3/h5-13,18,20,22-24H,4H2,1-3H3,(H,21,25). The summed E-state index contributed by atoms with van der Waals surface area (Å²) in [4.78, 5) is 13.0. The molecule has 2 aromatic carbocycles. The molecule has 0 bridgehead atoms. The van der Waals surface area contributed by atoms with E-state index in [0.29, 0.717) is 29.5 Å². The molecule has 9 nitrogen and oxygen atoms in total. The fourth-order valence-corrected chi connectivity index (χ4v) is 4.83. The number of methoxy groups -OCH3 is 1. The number of sulfonamides is 1. The van der Waals surface area contributed by atoms with Gasteiger partial charge in [-0.25, -0.2) is 13.8 Å². The van der Waals surface area contributed by atoms with E-state index in [2.05, 4.69) is 20.9 Å². The molecule has 3 rings (SSSR count). The van der Waals surface area contributed by atoms with Crippen molar-refractivity contribution in [1.29, 1.82) is 0 Å². The van der Waals surface area contributed by atoms with Crippen molar-refractivity contribution in [1.82, 2.24) is 10.9 Å². The third-order valence-corrected chi connectivity index (χ3v) is 6.35. The molecule has 10 heteroatoms. The lowest BCUT2D eigenvalue weighted by Crippen LogP contribution is -2.45. The smallest absolute Gasteiger partial charge is 0.250 e. The minimum atomic E-state index is -3.93. The second-order valence-corrected chi connectivity index (χ2v) is 8.62. The van der Waals surface area contributed by atoms with E-state index in [9.17, 15) is 13.2 Å². The van der Waals surface area contributed by atoms with E-state index < -0.39 is 33.3 Å². The number of anilines is 2. The van der Waals surface area contributed by atoms with Crippen molar-refractivity contribution in [3.05, 3.63) is 48.5 Å². The van der Waals surface area contributed by atoms with Gasteiger partial charge in [0.1, 0.15) is 11.5 Å². The Kier molecular flexibility index (Phi) is 6.80. The molecule has 0 radical (unpaired) electrons. The molecule has 4 N–H and O–H groups in total. The number of hydrazine groups is 1. The molecule has 0 spiro atoms. The first-order valence-electron chi connectivity index (χ1n) is 9.55. The van der Waals surface area contributed by atoms with Crippen LogP contribution in [0.4, 0.5) is 11.4 Å². The van der Waals surface area contributed by atoms with Crippen molar-refractivity contribution in [2.24, 2.45) is 5.92 Å². The number of carbonyl (C=O) groups is 1. The van der Waals surface area contributed by atoms with Crippen LogP contribution in [0.25, 0.3) is 0 Å². The fourth-order valence-electron chi connectivity index (χ4n) is 3.27. The van der Waals surface area contributed by atoms with Gasteiger partial charge in [-0.3, -0.25) is 14.9 Å². The lowest BCUT2D eigenvalue weighted by Gasteiger charge is -2.22. The zero-order chi connectivity index (χ0) is 21.7. The molecule has 1 fully saturated rings. The first-order chi connectivity index (χ1) is 14.4. The SMILES string of the molecule is CCOc1ccc(NS(=O)(=O)C2NNC(C)C2C(=O)Nc2ccccc2OC)cc1. The molecule has 1 aliphatic rings. The van der Waals surface area contributed by atoms with Gasteiger partial charge in [0, 0.05) is 11.7 Å². The van der Waals surface area contributed by atoms with E-state index in [4.69, 9.17) is 9.47 Å². The molecule has 1 amide bonds. The van der Waals surface area contributed by atoms with Crippen molar-refractivity contribution in [3.8, 4) is 11.5 Å². The molecule has 30 heavy (non-hydrogen) atoms. The van der Waals surface area contributed by atoms with Crippen molar-refractivity contribution in [2.75, 3.05) is 23.8 Å². The van der Waals surface area contributed by atoms with E-state index >= 15 is 0 Å². The summed E-state index contributed by atoms with van der Waals surface area (Å²) in [5.41, 5.74) is 6.43. The van der Waals surface area contributed by atoms with Gasteiger partial charge in [-0.1, -0.05) is 12.1 Å². The maximum atomic E-state index is 13.0. The van der Waals surface area contributed by atoms with Crippen molar-refractivity contribution in [2.45, 2.75) is 25.3 Å². The first-order valence-corrected chi connectivity index (χ1v) is 11.1. The van der Waals surface area contributed by atoms with Crippen LogP contribution in [0, 0.1) is 5.92 Å². The highest BCUT2D eigenvalue weighted by Gasteiger charge is 2.46. The van der Waals surface area contributed by atoms with Crippen molar-refractivity contribution >= 4 is 27.3 Å². The van der Waals surface area contributed by atoms with E-state index in [1.165, 1.54) is 7.11 Å². The Hall–Kier alpha value is -2.82. The summed E-state index contributed by atoms with van der Waals surface area (Å²) < 4.78 is 39.1. The van der Waals surface area contributed by atoms with Crippen LogP contribution in [-0.4, -0.2) is 39.5 Å². The Balaban J connectivity index is 1.77. The summed E-state index contributed by atoms with van der Waals surface area (Å²) in [6.45, 7) is 4.13. The summed E-state index contributed by atoms with van der Waals surface area (Å²) in [6.07, 6.45) is 0. The maximum absolute atomic E-state index is 13.0. The highest BCUT2D eigenvalue weighted by atomic mass is 32.2. The largest absolute Gasteiger partial charge is 0.495 e. The van der Waals surface area contributed by atoms with Gasteiger partial charge < -0.3 is 14.8 Å². The molecule has 1 saturated heterocycles. The normalized spacial score (nSPS) is 21.1. The van der Waals surface area contributed by atoms with Crippen LogP contribution in [0.5, 0.6) is 11.5 Å². The van der Waals surface area contributed by atoms with Gasteiger partial charge in [0.2, 0.25) is 5.91 Å². The van der Waals surface area contributed by atoms with Crippen LogP contribution in [0.3, 0.4) is 0 Å². The number of hydrogen-bond donors (Lipinski definition) is 4. The van der Waals surface area contributed by atoms with Gasteiger partial charge in [-0.05, 0) is 50.2 Å². The topological polar surface area (TPSA) is 118 Å². The Morgan fingerprint density at radius 2 is 1.80 bits per heavy atom. The fraction of sp³-hybridized carbons (Fsp3) is 0.350. The second kappa shape index (κ2) is 9.33. The minimum absolute atomic E-state index is 0.378. The zero-order valence-corrected chi connectivity index (χ0v) is 17.8. The number of ether oxygens (including phenoxy) is 2. The van der Waals surface area contributed by atoms with E-state index in [-0.39, 0.29) is 0 Å². The number of para-hydroxylation sites is 2. The molecule has 3 atom stereocenters. The van der Waals surface area contributed by atoms with Gasteiger partial charge in [-0.2, -0.15) is 0 Å². The molecule has 2 aromatic rings. The third kappa shape index (κ3) is 4.84. The predicted molar refractivity (Wildman–Crippen MR) is 115 cm³/mol. The van der Waals surface area contributed by atoms with E-state index in [1.807, 2.05) is 6.92 Å². The number of nitrogens with one attached hydrogen (secondary N) is 4. The monoisotopic (exact) mass is 434 g/mol. The van der Waals surface area contributed by atoms with Crippen LogP contribution in [0.15, 0.2) is 48.5 Å². The minimum Gasteiger partial charge on any atom is -0.495 e. The summed E-state index contributed by atoms with van der Waals surface area (Å²) >= 11 is 0. The number of hydrogen-bond acceptors (Lipinski definition) is 7. The first kappa shape index (κ1) is 21.9. The van der Waals surface area contributed by atoms with Crippen LogP contribution in [-0.2, 0) is 14.8 Å². The van der Waals surface area contributed by atoms with Gasteiger partial charge in [0.15, 0.2) is 5.37 Å². The Bertz CT molecular complexity index is 981. The average molecular weight is 435 g/mol. The molecule has 162 valence electrons. The quantitative estimate of drug-likeness (QED) is 0.501. The van der Waals surface area contributed by atoms with Gasteiger partial charge in [0.25, 0.3) is 10.0 Å². The molecule has 3 unspecified atom stereocenters. The van der Waals surface area contributed by atoms with Crippen LogP contribution in [0.1, 0.15) is 13.8 Å². The highest BCUT2D eigenvalue weighted by Crippen LogP contribution is 2.27. The molecule has 1 aliphatic heterocycles. The Labute approximate surface area is 176 Å². The van der Waals surface area contributed by atoms with Gasteiger partial charge in [0.05, 0.1) is 25.3 Å². The van der Waals surface area contributed by atoms with Gasteiger partial charge in [-0.15, -0.1) is 0 Å². The van der Waals surface area contributed by atoms with E-state index in [1.54, 1.807) is 55.5 Å². The third-order valence-electron chi connectivity index (χ3n) is 4.75. The van der Waals surface area contributed by atoms with Crippen molar-refractivity contribution < 1.29 is 22.7 Å². The number of carbonyl (C=O) groups excluding carboxylic acids is 1. The molecule has 0 aromatic heterocycles. The summed E-state index contributed by atoms with van der Waals surface area (Å²) in [5.74, 6) is -0.185.